The molecule has 7 heteroatoms. The number of hydrogen-bond donors (Lipinski definition) is 1. The first-order chi connectivity index (χ1) is 13.0. The number of carbonyl (C=O) groups excluding carboxylic acids is 1. The average molecular weight is 388 g/mol. The van der Waals surface area contributed by atoms with Crippen molar-refractivity contribution in [3.63, 3.8) is 0 Å². The lowest BCUT2D eigenvalue weighted by Gasteiger charge is -2.32. The summed E-state index contributed by atoms with van der Waals surface area (Å²) >= 11 is 1.83. The first-order valence-electron chi connectivity index (χ1n) is 9.68. The van der Waals surface area contributed by atoms with Crippen LogP contribution in [-0.4, -0.2) is 38.6 Å². The Hall–Kier alpha value is -2.15. The van der Waals surface area contributed by atoms with Crippen LogP contribution in [0.3, 0.4) is 0 Å². The Morgan fingerprint density at radius 3 is 2.89 bits per heavy atom. The van der Waals surface area contributed by atoms with Gasteiger partial charge in [-0.1, -0.05) is 0 Å². The summed E-state index contributed by atoms with van der Waals surface area (Å²) in [6.07, 6.45) is 6.74. The Morgan fingerprint density at radius 1 is 1.30 bits per heavy atom. The number of aryl methyl sites for hydroxylation is 3. The van der Waals surface area contributed by atoms with Gasteiger partial charge in [-0.2, -0.15) is 0 Å². The highest BCUT2D eigenvalue weighted by molar-refractivity contribution is 7.11. The van der Waals surface area contributed by atoms with Crippen molar-refractivity contribution in [1.29, 1.82) is 0 Å². The number of nitrogens with zero attached hydrogens (tertiary/aromatic N) is 3. The molecule has 0 saturated carbocycles. The van der Waals surface area contributed by atoms with Gasteiger partial charge in [0.05, 0.1) is 10.7 Å². The first kappa shape index (κ1) is 18.2. The van der Waals surface area contributed by atoms with Crippen molar-refractivity contribution in [1.82, 2.24) is 14.5 Å². The number of amides is 1. The van der Waals surface area contributed by atoms with Gasteiger partial charge in [0, 0.05) is 35.6 Å². The summed E-state index contributed by atoms with van der Waals surface area (Å²) in [5, 5.41) is 10.7. The van der Waals surface area contributed by atoms with Crippen LogP contribution in [0.4, 0.5) is 0 Å². The van der Waals surface area contributed by atoms with Gasteiger partial charge < -0.3 is 14.6 Å². The smallest absolute Gasteiger partial charge is 0.254 e. The molecule has 1 amide bonds. The van der Waals surface area contributed by atoms with E-state index < -0.39 is 0 Å². The zero-order valence-electron chi connectivity index (χ0n) is 15.6. The summed E-state index contributed by atoms with van der Waals surface area (Å²) in [4.78, 5) is 33.1. The molecule has 4 rings (SSSR count). The van der Waals surface area contributed by atoms with Crippen molar-refractivity contribution in [2.75, 3.05) is 13.1 Å². The van der Waals surface area contributed by atoms with Crippen molar-refractivity contribution in [2.45, 2.75) is 57.9 Å². The van der Waals surface area contributed by atoms with Gasteiger partial charge in [0.2, 0.25) is 5.91 Å². The van der Waals surface area contributed by atoms with E-state index in [9.17, 15) is 14.7 Å². The quantitative estimate of drug-likeness (QED) is 0.878. The number of piperidine rings is 1. The molecule has 1 aliphatic heterocycles. The molecule has 2 aliphatic rings. The highest BCUT2D eigenvalue weighted by Gasteiger charge is 2.28. The fourth-order valence-electron chi connectivity index (χ4n) is 4.10. The second kappa shape index (κ2) is 7.46. The third-order valence-electron chi connectivity index (χ3n) is 5.60. The van der Waals surface area contributed by atoms with E-state index in [1.54, 1.807) is 6.92 Å². The van der Waals surface area contributed by atoms with Gasteiger partial charge in [0.15, 0.2) is 0 Å². The molecule has 1 N–H and O–H groups in total. The largest absolute Gasteiger partial charge is 0.508 e. The summed E-state index contributed by atoms with van der Waals surface area (Å²) in [6.45, 7) is 3.16. The zero-order valence-corrected chi connectivity index (χ0v) is 16.4. The van der Waals surface area contributed by atoms with Gasteiger partial charge in [-0.15, -0.1) is 11.3 Å². The maximum atomic E-state index is 12.8. The molecule has 1 fully saturated rings. The second-order valence-electron chi connectivity index (χ2n) is 7.59. The lowest BCUT2D eigenvalue weighted by atomic mass is 9.98. The normalized spacial score (nSPS) is 19.7. The first-order valence-corrected chi connectivity index (χ1v) is 10.5. The SMILES string of the molecule is Cc1cc(O)cc(=O)n1CC(=O)N1CCCC(c2nc3c(s2)CCCC3)C1. The Balaban J connectivity index is 1.47. The molecule has 1 unspecified atom stereocenters. The van der Waals surface area contributed by atoms with E-state index in [2.05, 4.69) is 0 Å². The van der Waals surface area contributed by atoms with Crippen molar-refractivity contribution >= 4 is 17.2 Å². The van der Waals surface area contributed by atoms with E-state index in [1.807, 2.05) is 16.2 Å². The maximum absolute atomic E-state index is 12.8. The number of pyridine rings is 1. The lowest BCUT2D eigenvalue weighted by molar-refractivity contribution is -0.133. The number of thiazole rings is 1. The maximum Gasteiger partial charge on any atom is 0.254 e. The summed E-state index contributed by atoms with van der Waals surface area (Å²) in [6, 6.07) is 2.66. The number of likely N-dealkylation sites (tertiary alicyclic amines) is 1. The fourth-order valence-corrected chi connectivity index (χ4v) is 5.38. The Morgan fingerprint density at radius 2 is 2.11 bits per heavy atom. The molecule has 6 nitrogen and oxygen atoms in total. The highest BCUT2D eigenvalue weighted by atomic mass is 32.1. The number of rotatable bonds is 3. The monoisotopic (exact) mass is 387 g/mol. The Bertz CT molecular complexity index is 894. The summed E-state index contributed by atoms with van der Waals surface area (Å²) < 4.78 is 1.42. The number of aromatic nitrogens is 2. The van der Waals surface area contributed by atoms with E-state index in [1.165, 1.54) is 39.1 Å². The van der Waals surface area contributed by atoms with Gasteiger partial charge >= 0.3 is 0 Å². The molecule has 27 heavy (non-hydrogen) atoms. The van der Waals surface area contributed by atoms with E-state index in [0.29, 0.717) is 18.2 Å². The number of hydrogen-bond acceptors (Lipinski definition) is 5. The summed E-state index contributed by atoms with van der Waals surface area (Å²) in [5.41, 5.74) is 1.52. The third-order valence-corrected chi connectivity index (χ3v) is 6.92. The molecule has 1 saturated heterocycles. The van der Waals surface area contributed by atoms with Crippen LogP contribution in [0, 0.1) is 6.92 Å². The van der Waals surface area contributed by atoms with Gasteiger partial charge in [-0.3, -0.25) is 9.59 Å². The standard InChI is InChI=1S/C20H25N3O3S/c1-13-9-15(24)10-18(25)23(13)12-19(26)22-8-4-5-14(11-22)20-21-16-6-2-3-7-17(16)27-20/h9-10,14,24H,2-8,11-12H2,1H3. The average Bonchev–Trinajstić information content (AvgIpc) is 3.09. The zero-order chi connectivity index (χ0) is 19.0. The molecule has 0 bridgehead atoms. The molecule has 0 spiro atoms. The predicted molar refractivity (Wildman–Crippen MR) is 104 cm³/mol. The summed E-state index contributed by atoms with van der Waals surface area (Å²) in [5.74, 6) is 0.194. The van der Waals surface area contributed by atoms with Crippen molar-refractivity contribution in [2.24, 2.45) is 0 Å². The molecular formula is C20H25N3O3S. The van der Waals surface area contributed by atoms with Gasteiger partial charge in [0.1, 0.15) is 12.3 Å². The summed E-state index contributed by atoms with van der Waals surface area (Å²) in [7, 11) is 0. The van der Waals surface area contributed by atoms with E-state index >= 15 is 0 Å². The number of carbonyl (C=O) groups is 1. The van der Waals surface area contributed by atoms with Crippen LogP contribution >= 0.6 is 11.3 Å². The second-order valence-corrected chi connectivity index (χ2v) is 8.70. The Kier molecular flexibility index (Phi) is 5.04. The molecule has 3 heterocycles. The minimum atomic E-state index is -0.345. The van der Waals surface area contributed by atoms with Crippen LogP contribution in [0.2, 0.25) is 0 Å². The molecule has 1 aliphatic carbocycles. The lowest BCUT2D eigenvalue weighted by Crippen LogP contribution is -2.42. The predicted octanol–water partition coefficient (Wildman–Crippen LogP) is 2.60. The van der Waals surface area contributed by atoms with Gasteiger partial charge in [-0.25, -0.2) is 4.98 Å². The van der Waals surface area contributed by atoms with Crippen LogP contribution in [0.1, 0.15) is 52.9 Å². The van der Waals surface area contributed by atoms with Crippen LogP contribution in [0.15, 0.2) is 16.9 Å². The molecule has 2 aromatic heterocycles. The van der Waals surface area contributed by atoms with Gasteiger partial charge in [0.25, 0.3) is 5.56 Å². The van der Waals surface area contributed by atoms with Crippen LogP contribution in [-0.2, 0) is 24.2 Å². The van der Waals surface area contributed by atoms with Gasteiger partial charge in [-0.05, 0) is 51.5 Å². The van der Waals surface area contributed by atoms with E-state index in [-0.39, 0.29) is 23.8 Å². The number of aromatic hydroxyl groups is 1. The third kappa shape index (κ3) is 3.78. The molecule has 2 aromatic rings. The fraction of sp³-hybridized carbons (Fsp3) is 0.550. The van der Waals surface area contributed by atoms with E-state index in [4.69, 9.17) is 4.98 Å². The number of fused-ring (bicyclic) bond motifs is 1. The van der Waals surface area contributed by atoms with Crippen molar-refractivity contribution < 1.29 is 9.90 Å². The molecule has 0 aromatic carbocycles. The molecule has 0 radical (unpaired) electrons. The molecular weight excluding hydrogens is 362 g/mol. The minimum Gasteiger partial charge on any atom is -0.508 e. The molecule has 144 valence electrons. The van der Waals surface area contributed by atoms with Crippen molar-refractivity contribution in [3.8, 4) is 5.75 Å². The van der Waals surface area contributed by atoms with Crippen molar-refractivity contribution in [3.05, 3.63) is 43.8 Å². The minimum absolute atomic E-state index is 0.0199. The van der Waals surface area contributed by atoms with E-state index in [0.717, 1.165) is 38.3 Å². The topological polar surface area (TPSA) is 75.4 Å². The highest BCUT2D eigenvalue weighted by Crippen LogP contribution is 2.34. The van der Waals surface area contributed by atoms with Crippen LogP contribution in [0.25, 0.3) is 0 Å². The molecule has 1 atom stereocenters. The Labute approximate surface area is 162 Å². The van der Waals surface area contributed by atoms with Crippen LogP contribution < -0.4 is 5.56 Å². The van der Waals surface area contributed by atoms with Crippen LogP contribution in [0.5, 0.6) is 5.75 Å².